The second kappa shape index (κ2) is 3.41. The van der Waals surface area contributed by atoms with E-state index in [0.29, 0.717) is 11.5 Å². The van der Waals surface area contributed by atoms with E-state index in [1.807, 2.05) is 0 Å². The number of phenols is 1. The van der Waals surface area contributed by atoms with Gasteiger partial charge in [0, 0.05) is 0 Å². The number of nitrogens with zero attached hydrogens (tertiary/aromatic N) is 1. The third-order valence-electron chi connectivity index (χ3n) is 1.64. The van der Waals surface area contributed by atoms with Gasteiger partial charge in [-0.1, -0.05) is 0 Å². The van der Waals surface area contributed by atoms with E-state index < -0.39 is 0 Å². The average Bonchev–Trinajstić information content (AvgIpc) is 2.56. The Kier molecular flexibility index (Phi) is 2.10. The number of phenolic OH excluding ortho intramolecular Hbond substituents is 1. The molecule has 1 aromatic carbocycles. The SMILES string of the molecule is Cc1cnc(Oc2ccc(O)cc2)o1. The first-order valence-corrected chi connectivity index (χ1v) is 4.13. The van der Waals surface area contributed by atoms with Gasteiger partial charge in [-0.2, -0.15) is 4.98 Å². The summed E-state index contributed by atoms with van der Waals surface area (Å²) in [6.07, 6.45) is 1.78. The predicted molar refractivity (Wildman–Crippen MR) is 49.4 cm³/mol. The van der Waals surface area contributed by atoms with Gasteiger partial charge >= 0.3 is 6.08 Å². The summed E-state index contributed by atoms with van der Waals surface area (Å²) in [6.45, 7) is 1.79. The highest BCUT2D eigenvalue weighted by molar-refractivity contribution is 5.31. The van der Waals surface area contributed by atoms with Crippen molar-refractivity contribution in [2.75, 3.05) is 0 Å². The number of oxazole rings is 1. The third-order valence-corrected chi connectivity index (χ3v) is 1.64. The second-order valence-electron chi connectivity index (χ2n) is 2.83. The van der Waals surface area contributed by atoms with Crippen LogP contribution in [0, 0.1) is 6.92 Å². The zero-order valence-corrected chi connectivity index (χ0v) is 7.60. The van der Waals surface area contributed by atoms with Crippen LogP contribution in [0.15, 0.2) is 34.9 Å². The van der Waals surface area contributed by atoms with Gasteiger partial charge in [-0.3, -0.25) is 0 Å². The zero-order chi connectivity index (χ0) is 9.97. The number of aromatic hydroxyl groups is 1. The standard InChI is InChI=1S/C10H9NO3/c1-7-6-11-10(13-7)14-9-4-2-8(12)3-5-9/h2-6,12H,1H3. The first-order valence-electron chi connectivity index (χ1n) is 4.13. The topological polar surface area (TPSA) is 55.5 Å². The maximum absolute atomic E-state index is 9.03. The van der Waals surface area contributed by atoms with Crippen molar-refractivity contribution in [3.63, 3.8) is 0 Å². The number of ether oxygens (including phenoxy) is 1. The average molecular weight is 191 g/mol. The van der Waals surface area contributed by atoms with E-state index >= 15 is 0 Å². The molecule has 0 unspecified atom stereocenters. The molecule has 1 N–H and O–H groups in total. The van der Waals surface area contributed by atoms with Gasteiger partial charge in [-0.15, -0.1) is 0 Å². The molecule has 72 valence electrons. The molecule has 0 bridgehead atoms. The van der Waals surface area contributed by atoms with Gasteiger partial charge in [0.15, 0.2) is 0 Å². The van der Waals surface area contributed by atoms with Crippen molar-refractivity contribution in [2.24, 2.45) is 0 Å². The molecule has 14 heavy (non-hydrogen) atoms. The van der Waals surface area contributed by atoms with Crippen molar-refractivity contribution >= 4 is 0 Å². The van der Waals surface area contributed by atoms with Gasteiger partial charge in [-0.25, -0.2) is 0 Å². The van der Waals surface area contributed by atoms with Crippen molar-refractivity contribution in [1.29, 1.82) is 0 Å². The minimum Gasteiger partial charge on any atom is -0.508 e. The van der Waals surface area contributed by atoms with E-state index in [1.165, 1.54) is 12.1 Å². The Morgan fingerprint density at radius 2 is 2.00 bits per heavy atom. The summed E-state index contributed by atoms with van der Waals surface area (Å²) in [5, 5.41) is 9.03. The largest absolute Gasteiger partial charge is 0.508 e. The van der Waals surface area contributed by atoms with E-state index in [-0.39, 0.29) is 11.8 Å². The van der Waals surface area contributed by atoms with Crippen LogP contribution < -0.4 is 4.74 Å². The van der Waals surface area contributed by atoms with Gasteiger partial charge in [0.2, 0.25) is 0 Å². The summed E-state index contributed by atoms with van der Waals surface area (Å²) in [5.74, 6) is 1.46. The lowest BCUT2D eigenvalue weighted by Crippen LogP contribution is -1.82. The highest BCUT2D eigenvalue weighted by Gasteiger charge is 2.02. The summed E-state index contributed by atoms with van der Waals surface area (Å²) >= 11 is 0. The highest BCUT2D eigenvalue weighted by atomic mass is 16.6. The Labute approximate surface area is 80.8 Å². The number of aryl methyl sites for hydroxylation is 1. The second-order valence-corrected chi connectivity index (χ2v) is 2.83. The summed E-state index contributed by atoms with van der Waals surface area (Å²) in [7, 11) is 0. The molecule has 0 saturated heterocycles. The first-order chi connectivity index (χ1) is 6.74. The molecule has 1 aromatic heterocycles. The molecule has 0 radical (unpaired) electrons. The van der Waals surface area contributed by atoms with Crippen molar-refractivity contribution in [3.05, 3.63) is 36.2 Å². The zero-order valence-electron chi connectivity index (χ0n) is 7.60. The maximum Gasteiger partial charge on any atom is 0.399 e. The predicted octanol–water partition coefficient (Wildman–Crippen LogP) is 2.48. The van der Waals surface area contributed by atoms with E-state index in [9.17, 15) is 0 Å². The molecular formula is C10H9NO3. The number of aromatic nitrogens is 1. The fraction of sp³-hybridized carbons (Fsp3) is 0.100. The normalized spacial score (nSPS) is 10.1. The molecule has 0 spiro atoms. The Morgan fingerprint density at radius 1 is 1.29 bits per heavy atom. The van der Waals surface area contributed by atoms with E-state index in [2.05, 4.69) is 4.98 Å². The van der Waals surface area contributed by atoms with Gasteiger partial charge in [0.05, 0.1) is 6.20 Å². The van der Waals surface area contributed by atoms with E-state index in [0.717, 1.165) is 0 Å². The fourth-order valence-electron chi connectivity index (χ4n) is 0.996. The minimum absolute atomic E-state index is 0.195. The highest BCUT2D eigenvalue weighted by Crippen LogP contribution is 2.22. The van der Waals surface area contributed by atoms with Gasteiger partial charge in [-0.05, 0) is 31.2 Å². The van der Waals surface area contributed by atoms with Crippen LogP contribution in [0.2, 0.25) is 0 Å². The monoisotopic (exact) mass is 191 g/mol. The Morgan fingerprint density at radius 3 is 2.57 bits per heavy atom. The van der Waals surface area contributed by atoms with Gasteiger partial charge < -0.3 is 14.3 Å². The molecule has 0 fully saturated rings. The number of hydrogen-bond donors (Lipinski definition) is 1. The summed E-state index contributed by atoms with van der Waals surface area (Å²) in [4.78, 5) is 3.88. The summed E-state index contributed by atoms with van der Waals surface area (Å²) < 4.78 is 10.4. The first kappa shape index (κ1) is 8.62. The maximum atomic E-state index is 9.03. The van der Waals surface area contributed by atoms with Crippen molar-refractivity contribution in [1.82, 2.24) is 4.98 Å². The van der Waals surface area contributed by atoms with Gasteiger partial charge in [0.25, 0.3) is 0 Å². The quantitative estimate of drug-likeness (QED) is 0.792. The van der Waals surface area contributed by atoms with Gasteiger partial charge in [0.1, 0.15) is 17.3 Å². The number of rotatable bonds is 2. The summed E-state index contributed by atoms with van der Waals surface area (Å²) in [5.41, 5.74) is 0. The van der Waals surface area contributed by atoms with Crippen molar-refractivity contribution in [2.45, 2.75) is 6.92 Å². The molecule has 0 aliphatic heterocycles. The van der Waals surface area contributed by atoms with Crippen LogP contribution in [0.1, 0.15) is 5.76 Å². The molecule has 1 heterocycles. The number of benzene rings is 1. The fourth-order valence-corrected chi connectivity index (χ4v) is 0.996. The molecule has 0 aliphatic rings. The molecule has 2 rings (SSSR count). The Balaban J connectivity index is 2.15. The van der Waals surface area contributed by atoms with Crippen LogP contribution in [0.5, 0.6) is 17.6 Å². The van der Waals surface area contributed by atoms with E-state index in [4.69, 9.17) is 14.3 Å². The molecule has 0 atom stereocenters. The van der Waals surface area contributed by atoms with Crippen LogP contribution in [-0.2, 0) is 0 Å². The van der Waals surface area contributed by atoms with Crippen molar-refractivity contribution < 1.29 is 14.3 Å². The Hall–Kier alpha value is -1.97. The van der Waals surface area contributed by atoms with Crippen LogP contribution in [0.4, 0.5) is 0 Å². The minimum atomic E-state index is 0.195. The van der Waals surface area contributed by atoms with E-state index in [1.54, 1.807) is 25.3 Å². The molecule has 4 heteroatoms. The molecule has 0 saturated carbocycles. The van der Waals surface area contributed by atoms with Crippen LogP contribution in [0.3, 0.4) is 0 Å². The Bertz CT molecular complexity index is 419. The molecular weight excluding hydrogens is 182 g/mol. The number of hydrogen-bond acceptors (Lipinski definition) is 4. The van der Waals surface area contributed by atoms with Crippen molar-refractivity contribution in [3.8, 4) is 17.6 Å². The lowest BCUT2D eigenvalue weighted by molar-refractivity contribution is 0.322. The summed E-state index contributed by atoms with van der Waals surface area (Å²) in [6, 6.07) is 6.33. The lowest BCUT2D eigenvalue weighted by Gasteiger charge is -1.99. The molecule has 0 amide bonds. The third kappa shape index (κ3) is 1.85. The smallest absolute Gasteiger partial charge is 0.399 e. The molecule has 0 aliphatic carbocycles. The van der Waals surface area contributed by atoms with Crippen LogP contribution in [-0.4, -0.2) is 10.1 Å². The lowest BCUT2D eigenvalue weighted by atomic mass is 10.3. The van der Waals surface area contributed by atoms with Crippen LogP contribution >= 0.6 is 0 Å². The van der Waals surface area contributed by atoms with Crippen LogP contribution in [0.25, 0.3) is 0 Å². The molecule has 4 nitrogen and oxygen atoms in total. The molecule has 2 aromatic rings.